The van der Waals surface area contributed by atoms with Crippen LogP contribution in [0.2, 0.25) is 0 Å². The van der Waals surface area contributed by atoms with Crippen molar-refractivity contribution in [1.82, 2.24) is 0 Å². The summed E-state index contributed by atoms with van der Waals surface area (Å²) >= 11 is 0. The molecule has 0 saturated carbocycles. The van der Waals surface area contributed by atoms with Crippen LogP contribution in [0.5, 0.6) is 0 Å². The van der Waals surface area contributed by atoms with Crippen LogP contribution in [0.25, 0.3) is 0 Å². The Labute approximate surface area is 110 Å². The molecule has 0 radical (unpaired) electrons. The Kier molecular flexibility index (Phi) is 3.71. The van der Waals surface area contributed by atoms with Crippen LogP contribution in [0, 0.1) is 17.0 Å². The van der Waals surface area contributed by atoms with E-state index >= 15 is 0 Å². The molecule has 96 valence electrons. The van der Waals surface area contributed by atoms with Gasteiger partial charge in [0.05, 0.1) is 10.5 Å². The van der Waals surface area contributed by atoms with E-state index in [2.05, 4.69) is 0 Å². The molecule has 0 N–H and O–H groups in total. The van der Waals surface area contributed by atoms with Gasteiger partial charge in [-0.1, -0.05) is 42.5 Å². The molecule has 4 heteroatoms. The van der Waals surface area contributed by atoms with Crippen molar-refractivity contribution >= 4 is 11.5 Å². The van der Waals surface area contributed by atoms with E-state index in [1.807, 2.05) is 30.3 Å². The molecule has 0 saturated heterocycles. The van der Waals surface area contributed by atoms with Gasteiger partial charge in [-0.3, -0.25) is 14.9 Å². The number of benzene rings is 2. The van der Waals surface area contributed by atoms with Gasteiger partial charge >= 0.3 is 0 Å². The van der Waals surface area contributed by atoms with Crippen LogP contribution < -0.4 is 0 Å². The summed E-state index contributed by atoms with van der Waals surface area (Å²) < 4.78 is 0. The van der Waals surface area contributed by atoms with Gasteiger partial charge in [0, 0.05) is 12.5 Å². The Balaban J connectivity index is 2.36. The molecule has 4 nitrogen and oxygen atoms in total. The average Bonchev–Trinajstić information content (AvgIpc) is 2.39. The number of carbonyl (C=O) groups excluding carboxylic acids is 1. The molecule has 0 atom stereocenters. The topological polar surface area (TPSA) is 60.2 Å². The van der Waals surface area contributed by atoms with Crippen molar-refractivity contribution in [2.24, 2.45) is 0 Å². The van der Waals surface area contributed by atoms with E-state index in [4.69, 9.17) is 0 Å². The molecule has 0 heterocycles. The molecule has 0 aliphatic rings. The number of hydrogen-bond acceptors (Lipinski definition) is 3. The van der Waals surface area contributed by atoms with E-state index in [1.165, 1.54) is 6.07 Å². The van der Waals surface area contributed by atoms with Crippen LogP contribution in [0.15, 0.2) is 48.5 Å². The molecule has 0 spiro atoms. The van der Waals surface area contributed by atoms with Crippen molar-refractivity contribution in [3.8, 4) is 0 Å². The highest BCUT2D eigenvalue weighted by atomic mass is 16.6. The first-order valence-corrected chi connectivity index (χ1v) is 5.90. The second-order valence-corrected chi connectivity index (χ2v) is 4.31. The summed E-state index contributed by atoms with van der Waals surface area (Å²) in [5, 5.41) is 11.0. The molecule has 0 fully saturated rings. The summed E-state index contributed by atoms with van der Waals surface area (Å²) in [5.74, 6) is -0.226. The fourth-order valence-corrected chi connectivity index (χ4v) is 2.04. The first-order valence-electron chi connectivity index (χ1n) is 5.90. The lowest BCUT2D eigenvalue weighted by Gasteiger charge is -2.06. The van der Waals surface area contributed by atoms with Gasteiger partial charge < -0.3 is 0 Å². The number of ketones is 1. The number of nitrogens with zero attached hydrogens (tertiary/aromatic N) is 1. The van der Waals surface area contributed by atoms with Crippen molar-refractivity contribution < 1.29 is 9.72 Å². The second kappa shape index (κ2) is 5.44. The summed E-state index contributed by atoms with van der Waals surface area (Å²) in [6, 6.07) is 13.9. The number of nitro benzene ring substituents is 1. The lowest BCUT2D eigenvalue weighted by Crippen LogP contribution is -2.09. The fraction of sp³-hybridized carbons (Fsp3) is 0.133. The lowest BCUT2D eigenvalue weighted by atomic mass is 9.97. The zero-order valence-corrected chi connectivity index (χ0v) is 10.5. The smallest absolute Gasteiger partial charge is 0.280 e. The molecule has 0 unspecified atom stereocenters. The van der Waals surface area contributed by atoms with Gasteiger partial charge in [-0.25, -0.2) is 0 Å². The van der Waals surface area contributed by atoms with E-state index in [0.717, 1.165) is 5.56 Å². The minimum Gasteiger partial charge on any atom is -0.294 e. The molecule has 0 amide bonds. The molecule has 2 aromatic carbocycles. The van der Waals surface area contributed by atoms with Gasteiger partial charge in [0.1, 0.15) is 0 Å². The van der Waals surface area contributed by atoms with Gasteiger partial charge in [0.15, 0.2) is 5.78 Å². The zero-order valence-electron chi connectivity index (χ0n) is 10.5. The van der Waals surface area contributed by atoms with Crippen molar-refractivity contribution in [3.05, 3.63) is 75.3 Å². The van der Waals surface area contributed by atoms with Crippen LogP contribution in [0.4, 0.5) is 5.69 Å². The van der Waals surface area contributed by atoms with E-state index in [9.17, 15) is 14.9 Å². The Bertz CT molecular complexity index is 621. The molecule has 0 bridgehead atoms. The fourth-order valence-electron chi connectivity index (χ4n) is 2.04. The molecule has 2 rings (SSSR count). The van der Waals surface area contributed by atoms with Gasteiger partial charge in [-0.2, -0.15) is 0 Å². The van der Waals surface area contributed by atoms with Crippen molar-refractivity contribution in [2.45, 2.75) is 13.3 Å². The normalized spacial score (nSPS) is 10.2. The quantitative estimate of drug-likeness (QED) is 0.478. The third-order valence-electron chi connectivity index (χ3n) is 2.93. The predicted molar refractivity (Wildman–Crippen MR) is 72.3 cm³/mol. The first-order chi connectivity index (χ1) is 9.09. The highest BCUT2D eigenvalue weighted by Gasteiger charge is 2.21. The summed E-state index contributed by atoms with van der Waals surface area (Å²) in [6.45, 7) is 1.71. The molecular weight excluding hydrogens is 242 g/mol. The van der Waals surface area contributed by atoms with Crippen LogP contribution in [-0.2, 0) is 6.42 Å². The highest BCUT2D eigenvalue weighted by molar-refractivity contribution is 6.02. The summed E-state index contributed by atoms with van der Waals surface area (Å²) in [7, 11) is 0. The summed E-state index contributed by atoms with van der Waals surface area (Å²) in [6.07, 6.45) is 0.173. The maximum Gasteiger partial charge on any atom is 0.280 e. The third kappa shape index (κ3) is 2.85. The van der Waals surface area contributed by atoms with Gasteiger partial charge in [0.25, 0.3) is 5.69 Å². The Hall–Kier alpha value is -2.49. The van der Waals surface area contributed by atoms with Crippen LogP contribution in [-0.4, -0.2) is 10.7 Å². The van der Waals surface area contributed by atoms with Crippen LogP contribution >= 0.6 is 0 Å². The minimum absolute atomic E-state index is 0.124. The number of Topliss-reactive ketones (excluding diaryl/α,β-unsaturated/α-hetero) is 1. The van der Waals surface area contributed by atoms with Crippen LogP contribution in [0.3, 0.4) is 0 Å². The van der Waals surface area contributed by atoms with Gasteiger partial charge in [-0.05, 0) is 18.1 Å². The maximum atomic E-state index is 12.3. The zero-order chi connectivity index (χ0) is 13.8. The molecule has 2 aromatic rings. The lowest BCUT2D eigenvalue weighted by molar-refractivity contribution is -0.385. The molecule has 0 aliphatic carbocycles. The van der Waals surface area contributed by atoms with Crippen molar-refractivity contribution in [1.29, 1.82) is 0 Å². The van der Waals surface area contributed by atoms with Crippen LogP contribution in [0.1, 0.15) is 21.5 Å². The standard InChI is InChI=1S/C15H13NO3/c1-11-6-5-9-13(16(18)19)15(11)14(17)10-12-7-3-2-4-8-12/h2-9H,10H2,1H3. The van der Waals surface area contributed by atoms with E-state index in [-0.39, 0.29) is 23.5 Å². The van der Waals surface area contributed by atoms with Gasteiger partial charge in [0.2, 0.25) is 0 Å². The Morgan fingerprint density at radius 2 is 1.79 bits per heavy atom. The SMILES string of the molecule is Cc1cccc([N+](=O)[O-])c1C(=O)Cc1ccccc1. The number of nitro groups is 1. The summed E-state index contributed by atoms with van der Waals surface area (Å²) in [5.41, 5.74) is 1.57. The van der Waals surface area contributed by atoms with Gasteiger partial charge in [-0.15, -0.1) is 0 Å². The molecule has 0 aliphatic heterocycles. The molecule has 19 heavy (non-hydrogen) atoms. The average molecular weight is 255 g/mol. The Morgan fingerprint density at radius 1 is 1.11 bits per heavy atom. The summed E-state index contributed by atoms with van der Waals surface area (Å²) in [4.78, 5) is 22.7. The first kappa shape index (κ1) is 13.0. The number of rotatable bonds is 4. The van der Waals surface area contributed by atoms with E-state index in [0.29, 0.717) is 5.56 Å². The second-order valence-electron chi connectivity index (χ2n) is 4.31. The number of hydrogen-bond donors (Lipinski definition) is 0. The largest absolute Gasteiger partial charge is 0.294 e. The molecular formula is C15H13NO3. The molecule has 0 aromatic heterocycles. The third-order valence-corrected chi connectivity index (χ3v) is 2.93. The highest BCUT2D eigenvalue weighted by Crippen LogP contribution is 2.23. The monoisotopic (exact) mass is 255 g/mol. The van der Waals surface area contributed by atoms with Crippen molar-refractivity contribution in [3.63, 3.8) is 0 Å². The maximum absolute atomic E-state index is 12.3. The Morgan fingerprint density at radius 3 is 2.42 bits per heavy atom. The number of aryl methyl sites for hydroxylation is 1. The van der Waals surface area contributed by atoms with E-state index < -0.39 is 4.92 Å². The number of carbonyl (C=O) groups is 1. The predicted octanol–water partition coefficient (Wildman–Crippen LogP) is 3.33. The van der Waals surface area contributed by atoms with E-state index in [1.54, 1.807) is 19.1 Å². The minimum atomic E-state index is -0.509. The van der Waals surface area contributed by atoms with Crippen molar-refractivity contribution in [2.75, 3.05) is 0 Å².